The SMILES string of the molecule is CC1(C)c2ccccc2-c2c1ccc1c2c2ccccc2n1C=NC(c1ccccc1)[C@]1(C)CC1(N)c1ccccc1. The van der Waals surface area contributed by atoms with Gasteiger partial charge in [-0.3, -0.25) is 4.99 Å². The molecule has 8 rings (SSSR count). The second-order valence-electron chi connectivity index (χ2n) is 12.9. The van der Waals surface area contributed by atoms with E-state index in [9.17, 15) is 0 Å². The minimum Gasteiger partial charge on any atom is -0.321 e. The van der Waals surface area contributed by atoms with E-state index in [4.69, 9.17) is 10.7 Å². The molecule has 0 radical (unpaired) electrons. The third kappa shape index (κ3) is 3.35. The predicted octanol–water partition coefficient (Wildman–Crippen LogP) is 8.98. The monoisotopic (exact) mass is 545 g/mol. The van der Waals surface area contributed by atoms with Crippen molar-refractivity contribution in [2.75, 3.05) is 0 Å². The van der Waals surface area contributed by atoms with Crippen molar-refractivity contribution in [1.82, 2.24) is 4.57 Å². The topological polar surface area (TPSA) is 43.3 Å². The van der Waals surface area contributed by atoms with Crippen LogP contribution in [0.25, 0.3) is 32.9 Å². The minimum atomic E-state index is -0.428. The van der Waals surface area contributed by atoms with Crippen LogP contribution in [0.4, 0.5) is 0 Å². The molecule has 42 heavy (non-hydrogen) atoms. The summed E-state index contributed by atoms with van der Waals surface area (Å²) in [6.07, 6.45) is 2.95. The summed E-state index contributed by atoms with van der Waals surface area (Å²) in [6, 6.07) is 43.4. The van der Waals surface area contributed by atoms with Gasteiger partial charge in [-0.2, -0.15) is 0 Å². The van der Waals surface area contributed by atoms with Gasteiger partial charge in [-0.1, -0.05) is 130 Å². The number of hydrogen-bond acceptors (Lipinski definition) is 2. The van der Waals surface area contributed by atoms with Crippen LogP contribution < -0.4 is 5.73 Å². The lowest BCUT2D eigenvalue weighted by atomic mass is 9.82. The lowest BCUT2D eigenvalue weighted by molar-refractivity contribution is 0.381. The van der Waals surface area contributed by atoms with E-state index < -0.39 is 5.54 Å². The maximum Gasteiger partial charge on any atom is 0.0948 e. The van der Waals surface area contributed by atoms with Gasteiger partial charge in [0.25, 0.3) is 0 Å². The van der Waals surface area contributed by atoms with Crippen LogP contribution in [-0.4, -0.2) is 10.9 Å². The molecular weight excluding hydrogens is 510 g/mol. The molecule has 1 fully saturated rings. The smallest absolute Gasteiger partial charge is 0.0948 e. The fourth-order valence-electron chi connectivity index (χ4n) is 7.84. The van der Waals surface area contributed by atoms with Crippen molar-refractivity contribution in [3.8, 4) is 11.1 Å². The number of benzene rings is 5. The van der Waals surface area contributed by atoms with E-state index in [1.54, 1.807) is 0 Å². The molecule has 2 N–H and O–H groups in total. The largest absolute Gasteiger partial charge is 0.321 e. The Morgan fingerprint density at radius 3 is 2.17 bits per heavy atom. The zero-order chi connectivity index (χ0) is 28.7. The Labute approximate surface area is 247 Å². The van der Waals surface area contributed by atoms with Crippen LogP contribution in [-0.2, 0) is 11.0 Å². The number of nitrogens with zero attached hydrogens (tertiary/aromatic N) is 2. The van der Waals surface area contributed by atoms with Crippen molar-refractivity contribution in [3.63, 3.8) is 0 Å². The van der Waals surface area contributed by atoms with Gasteiger partial charge in [-0.15, -0.1) is 0 Å². The Morgan fingerprint density at radius 1 is 0.714 bits per heavy atom. The van der Waals surface area contributed by atoms with Gasteiger partial charge in [0.05, 0.1) is 23.4 Å². The number of fused-ring (bicyclic) bond motifs is 7. The molecule has 3 heteroatoms. The summed E-state index contributed by atoms with van der Waals surface area (Å²) in [5.41, 5.74) is 16.7. The number of rotatable bonds is 5. The van der Waals surface area contributed by atoms with E-state index in [-0.39, 0.29) is 16.9 Å². The summed E-state index contributed by atoms with van der Waals surface area (Å²) in [7, 11) is 0. The highest BCUT2D eigenvalue weighted by Gasteiger charge is 2.66. The molecule has 206 valence electrons. The minimum absolute atomic E-state index is 0.0434. The van der Waals surface area contributed by atoms with Crippen LogP contribution in [0.2, 0.25) is 0 Å². The van der Waals surface area contributed by atoms with Gasteiger partial charge >= 0.3 is 0 Å². The van der Waals surface area contributed by atoms with E-state index in [0.717, 1.165) is 6.42 Å². The Bertz CT molecular complexity index is 2020. The van der Waals surface area contributed by atoms with E-state index >= 15 is 0 Å². The van der Waals surface area contributed by atoms with Gasteiger partial charge < -0.3 is 10.3 Å². The van der Waals surface area contributed by atoms with Crippen molar-refractivity contribution in [1.29, 1.82) is 0 Å². The number of hydrogen-bond donors (Lipinski definition) is 1. The molecule has 0 spiro atoms. The van der Waals surface area contributed by atoms with Crippen LogP contribution >= 0.6 is 0 Å². The molecule has 2 aliphatic carbocycles. The molecule has 6 aromatic rings. The normalized spacial score (nSPS) is 22.9. The molecule has 2 unspecified atom stereocenters. The first-order valence-electron chi connectivity index (χ1n) is 14.9. The van der Waals surface area contributed by atoms with Gasteiger partial charge in [-0.05, 0) is 51.9 Å². The number of para-hydroxylation sites is 1. The third-order valence-corrected chi connectivity index (χ3v) is 10.3. The molecule has 0 amide bonds. The molecule has 1 aromatic heterocycles. The summed E-state index contributed by atoms with van der Waals surface area (Å²) in [5, 5.41) is 2.56. The first-order valence-corrected chi connectivity index (χ1v) is 14.9. The lowest BCUT2D eigenvalue weighted by Gasteiger charge is -2.26. The van der Waals surface area contributed by atoms with Crippen molar-refractivity contribution in [2.45, 2.75) is 44.2 Å². The molecule has 2 aliphatic rings. The summed E-state index contributed by atoms with van der Waals surface area (Å²) in [6.45, 7) is 6.99. The number of nitrogens with two attached hydrogens (primary N) is 1. The molecule has 3 nitrogen and oxygen atoms in total. The number of aliphatic imine (C=N–C) groups is 1. The molecule has 0 bridgehead atoms. The summed E-state index contributed by atoms with van der Waals surface area (Å²) in [4.78, 5) is 5.42. The lowest BCUT2D eigenvalue weighted by Crippen LogP contribution is -2.30. The molecule has 0 aliphatic heterocycles. The molecular formula is C39H35N3. The zero-order valence-electron chi connectivity index (χ0n) is 24.4. The van der Waals surface area contributed by atoms with Crippen molar-refractivity contribution in [3.05, 3.63) is 144 Å². The average Bonchev–Trinajstić information content (AvgIpc) is 3.34. The van der Waals surface area contributed by atoms with Crippen LogP contribution in [0, 0.1) is 5.41 Å². The van der Waals surface area contributed by atoms with E-state index in [0.29, 0.717) is 0 Å². The van der Waals surface area contributed by atoms with Gasteiger partial charge in [0.2, 0.25) is 0 Å². The Balaban J connectivity index is 1.32. The quantitative estimate of drug-likeness (QED) is 0.170. The van der Waals surface area contributed by atoms with Gasteiger partial charge in [-0.25, -0.2) is 0 Å². The standard InChI is InChI=1S/C39H35N3/c1-37(2)30-20-12-10-18-28(30)34-31(37)22-23-33-35(34)29-19-11-13-21-32(29)42(33)25-41-36(26-14-6-4-7-15-26)38(3)24-39(38,40)27-16-8-5-9-17-27/h4-23,25,36H,24,40H2,1-3H3/t36?,38-,39?/m0/s1. The van der Waals surface area contributed by atoms with Crippen LogP contribution in [0.1, 0.15) is 55.5 Å². The second-order valence-corrected chi connectivity index (χ2v) is 12.9. The highest BCUT2D eigenvalue weighted by molar-refractivity contribution is 6.19. The average molecular weight is 546 g/mol. The van der Waals surface area contributed by atoms with Crippen molar-refractivity contribution >= 4 is 28.1 Å². The molecule has 3 atom stereocenters. The number of aromatic nitrogens is 1. The first kappa shape index (κ1) is 25.3. The molecule has 1 heterocycles. The molecule has 1 saturated carbocycles. The highest BCUT2D eigenvalue weighted by atomic mass is 15.1. The highest BCUT2D eigenvalue weighted by Crippen LogP contribution is 2.67. The van der Waals surface area contributed by atoms with Crippen LogP contribution in [0.5, 0.6) is 0 Å². The zero-order valence-corrected chi connectivity index (χ0v) is 24.4. The fraction of sp³-hybridized carbons (Fsp3) is 0.205. The fourth-order valence-corrected chi connectivity index (χ4v) is 7.84. The van der Waals surface area contributed by atoms with E-state index in [1.807, 2.05) is 0 Å². The Morgan fingerprint density at radius 2 is 1.38 bits per heavy atom. The van der Waals surface area contributed by atoms with Gasteiger partial charge in [0, 0.05) is 27.1 Å². The Kier molecular flexibility index (Phi) is 5.27. The van der Waals surface area contributed by atoms with Crippen molar-refractivity contribution < 1.29 is 0 Å². The molecule has 0 saturated heterocycles. The summed E-state index contributed by atoms with van der Waals surface area (Å²) < 4.78 is 2.29. The first-order chi connectivity index (χ1) is 20.3. The van der Waals surface area contributed by atoms with E-state index in [2.05, 4.69) is 153 Å². The van der Waals surface area contributed by atoms with Gasteiger partial charge in [0.15, 0.2) is 0 Å². The van der Waals surface area contributed by atoms with E-state index in [1.165, 1.54) is 55.2 Å². The summed E-state index contributed by atoms with van der Waals surface area (Å²) >= 11 is 0. The van der Waals surface area contributed by atoms with Crippen LogP contribution in [0.15, 0.2) is 126 Å². The maximum atomic E-state index is 7.17. The third-order valence-electron chi connectivity index (χ3n) is 10.3. The maximum absolute atomic E-state index is 7.17. The van der Waals surface area contributed by atoms with Gasteiger partial charge in [0.1, 0.15) is 0 Å². The Hall–Kier alpha value is -4.47. The predicted molar refractivity (Wildman–Crippen MR) is 175 cm³/mol. The second kappa shape index (κ2) is 8.77. The summed E-state index contributed by atoms with van der Waals surface area (Å²) in [5.74, 6) is 0. The van der Waals surface area contributed by atoms with Crippen LogP contribution in [0.3, 0.4) is 0 Å². The molecule has 5 aromatic carbocycles. The van der Waals surface area contributed by atoms with Crippen molar-refractivity contribution in [2.24, 2.45) is 16.1 Å².